The van der Waals surface area contributed by atoms with E-state index in [9.17, 15) is 4.79 Å². The number of ether oxygens (including phenoxy) is 1. The summed E-state index contributed by atoms with van der Waals surface area (Å²) in [5.74, 6) is 2.10. The van der Waals surface area contributed by atoms with E-state index in [-0.39, 0.29) is 5.91 Å². The maximum atomic E-state index is 12.7. The summed E-state index contributed by atoms with van der Waals surface area (Å²) in [5, 5.41) is 5.37. The van der Waals surface area contributed by atoms with Crippen LogP contribution in [0.5, 0.6) is 5.75 Å². The highest BCUT2D eigenvalue weighted by atomic mass is 32.1. The molecule has 0 radical (unpaired) electrons. The predicted octanol–water partition coefficient (Wildman–Crippen LogP) is 1.83. The molecule has 0 aromatic carbocycles. The van der Waals surface area contributed by atoms with Crippen molar-refractivity contribution in [3.8, 4) is 5.75 Å². The number of nitrogens with one attached hydrogen (secondary N) is 1. The van der Waals surface area contributed by atoms with E-state index < -0.39 is 0 Å². The van der Waals surface area contributed by atoms with Gasteiger partial charge in [-0.2, -0.15) is 0 Å². The van der Waals surface area contributed by atoms with Crippen molar-refractivity contribution < 1.29 is 9.53 Å². The van der Waals surface area contributed by atoms with Gasteiger partial charge in [0.15, 0.2) is 0 Å². The molecule has 0 bridgehead atoms. The van der Waals surface area contributed by atoms with E-state index in [4.69, 9.17) is 4.74 Å². The fourth-order valence-corrected chi connectivity index (χ4v) is 4.34. The summed E-state index contributed by atoms with van der Waals surface area (Å²) >= 11 is 1.48. The summed E-state index contributed by atoms with van der Waals surface area (Å²) in [7, 11) is 1.62. The Hall–Kier alpha value is -1.07. The van der Waals surface area contributed by atoms with Gasteiger partial charge >= 0.3 is 0 Å². The molecule has 4 nitrogen and oxygen atoms in total. The van der Waals surface area contributed by atoms with Crippen LogP contribution in [-0.4, -0.2) is 43.6 Å². The summed E-state index contributed by atoms with van der Waals surface area (Å²) in [5.41, 5.74) is 0. The third-order valence-electron chi connectivity index (χ3n) is 4.44. The van der Waals surface area contributed by atoms with E-state index in [1.54, 1.807) is 7.11 Å². The summed E-state index contributed by atoms with van der Waals surface area (Å²) in [6.45, 7) is 5.16. The fourth-order valence-electron chi connectivity index (χ4n) is 3.52. The van der Waals surface area contributed by atoms with Gasteiger partial charge in [-0.15, -0.1) is 11.3 Å². The van der Waals surface area contributed by atoms with Crippen molar-refractivity contribution >= 4 is 17.2 Å². The first-order valence-corrected chi connectivity index (χ1v) is 7.77. The van der Waals surface area contributed by atoms with E-state index in [0.717, 1.165) is 30.9 Å². The largest absolute Gasteiger partial charge is 0.495 e. The highest BCUT2D eigenvalue weighted by Gasteiger charge is 2.45. The molecule has 1 amide bonds. The molecule has 0 aliphatic carbocycles. The molecule has 5 heteroatoms. The van der Waals surface area contributed by atoms with Crippen molar-refractivity contribution in [2.75, 3.05) is 26.7 Å². The molecule has 3 unspecified atom stereocenters. The van der Waals surface area contributed by atoms with Crippen LogP contribution in [0.25, 0.3) is 0 Å². The van der Waals surface area contributed by atoms with Gasteiger partial charge in [-0.1, -0.05) is 6.92 Å². The zero-order valence-electron chi connectivity index (χ0n) is 11.4. The van der Waals surface area contributed by atoms with Gasteiger partial charge in [-0.25, -0.2) is 0 Å². The maximum absolute atomic E-state index is 12.7. The Balaban J connectivity index is 1.84. The fraction of sp³-hybridized carbons (Fsp3) is 0.643. The molecule has 3 heterocycles. The van der Waals surface area contributed by atoms with Crippen LogP contribution in [0.1, 0.15) is 23.0 Å². The molecule has 1 N–H and O–H groups in total. The standard InChI is InChI=1S/C14H20N2O2S/c1-3-11-10-7-15-6-9(10)8-16(11)14(17)13-12(18-2)4-5-19-13/h4-5,9-11,15H,3,6-8H2,1-2H3. The number of methoxy groups -OCH3 is 1. The molecule has 2 saturated heterocycles. The molecular weight excluding hydrogens is 260 g/mol. The maximum Gasteiger partial charge on any atom is 0.268 e. The lowest BCUT2D eigenvalue weighted by molar-refractivity contribution is 0.0713. The first-order chi connectivity index (χ1) is 9.26. The van der Waals surface area contributed by atoms with Crippen LogP contribution < -0.4 is 10.1 Å². The molecule has 2 aliphatic heterocycles. The summed E-state index contributed by atoms with van der Waals surface area (Å²) < 4.78 is 5.28. The van der Waals surface area contributed by atoms with E-state index in [0.29, 0.717) is 23.6 Å². The molecule has 1 aromatic rings. The Morgan fingerprint density at radius 1 is 1.58 bits per heavy atom. The third-order valence-corrected chi connectivity index (χ3v) is 5.32. The van der Waals surface area contributed by atoms with Crippen molar-refractivity contribution in [2.24, 2.45) is 11.8 Å². The number of fused-ring (bicyclic) bond motifs is 1. The first kappa shape index (κ1) is 12.9. The number of carbonyl (C=O) groups is 1. The molecule has 19 heavy (non-hydrogen) atoms. The quantitative estimate of drug-likeness (QED) is 0.918. The van der Waals surface area contributed by atoms with E-state index >= 15 is 0 Å². The molecule has 1 aromatic heterocycles. The molecule has 104 valence electrons. The number of hydrogen-bond donors (Lipinski definition) is 1. The third kappa shape index (κ3) is 2.05. The Bertz CT molecular complexity index is 474. The molecular formula is C14H20N2O2S. The summed E-state index contributed by atoms with van der Waals surface area (Å²) in [4.78, 5) is 15.5. The lowest BCUT2D eigenvalue weighted by Crippen LogP contribution is -2.39. The number of thiophene rings is 1. The smallest absolute Gasteiger partial charge is 0.268 e. The Labute approximate surface area is 117 Å². The van der Waals surface area contributed by atoms with E-state index in [1.165, 1.54) is 11.3 Å². The minimum absolute atomic E-state index is 0.146. The van der Waals surface area contributed by atoms with Gasteiger partial charge < -0.3 is 15.0 Å². The molecule has 3 atom stereocenters. The lowest BCUT2D eigenvalue weighted by atomic mass is 9.93. The number of nitrogens with zero attached hydrogens (tertiary/aromatic N) is 1. The van der Waals surface area contributed by atoms with Crippen molar-refractivity contribution in [2.45, 2.75) is 19.4 Å². The number of carbonyl (C=O) groups excluding carboxylic acids is 1. The average molecular weight is 280 g/mol. The number of amides is 1. The Morgan fingerprint density at radius 2 is 2.42 bits per heavy atom. The molecule has 2 fully saturated rings. The normalized spacial score (nSPS) is 29.6. The van der Waals surface area contributed by atoms with Crippen LogP contribution in [0.15, 0.2) is 11.4 Å². The molecule has 3 rings (SSSR count). The van der Waals surface area contributed by atoms with Crippen molar-refractivity contribution in [3.63, 3.8) is 0 Å². The van der Waals surface area contributed by atoms with Crippen molar-refractivity contribution in [1.29, 1.82) is 0 Å². The molecule has 0 spiro atoms. The second kappa shape index (κ2) is 5.13. The van der Waals surface area contributed by atoms with E-state index in [1.807, 2.05) is 11.4 Å². The van der Waals surface area contributed by atoms with Crippen LogP contribution in [0.2, 0.25) is 0 Å². The zero-order chi connectivity index (χ0) is 13.4. The van der Waals surface area contributed by atoms with E-state index in [2.05, 4.69) is 17.1 Å². The summed E-state index contributed by atoms with van der Waals surface area (Å²) in [6.07, 6.45) is 1.03. The van der Waals surface area contributed by atoms with Gasteiger partial charge in [0.25, 0.3) is 5.91 Å². The van der Waals surface area contributed by atoms with Crippen LogP contribution >= 0.6 is 11.3 Å². The second-order valence-corrected chi connectivity index (χ2v) is 6.25. The molecule has 0 saturated carbocycles. The van der Waals surface area contributed by atoms with Crippen molar-refractivity contribution in [1.82, 2.24) is 10.2 Å². The van der Waals surface area contributed by atoms with Gasteiger partial charge in [-0.05, 0) is 29.7 Å². The predicted molar refractivity (Wildman–Crippen MR) is 75.8 cm³/mol. The number of likely N-dealkylation sites (tertiary alicyclic amines) is 1. The Morgan fingerprint density at radius 3 is 3.16 bits per heavy atom. The zero-order valence-corrected chi connectivity index (χ0v) is 12.2. The minimum Gasteiger partial charge on any atom is -0.495 e. The summed E-state index contributed by atoms with van der Waals surface area (Å²) in [6, 6.07) is 2.25. The average Bonchev–Trinajstić information content (AvgIpc) is 3.11. The van der Waals surface area contributed by atoms with Crippen LogP contribution in [0, 0.1) is 11.8 Å². The molecule has 2 aliphatic rings. The Kier molecular flexibility index (Phi) is 3.50. The van der Waals surface area contributed by atoms with Crippen LogP contribution in [-0.2, 0) is 0 Å². The van der Waals surface area contributed by atoms with Gasteiger partial charge in [0.05, 0.1) is 7.11 Å². The lowest BCUT2D eigenvalue weighted by Gasteiger charge is -2.26. The monoisotopic (exact) mass is 280 g/mol. The van der Waals surface area contributed by atoms with Gasteiger partial charge in [0, 0.05) is 25.7 Å². The van der Waals surface area contributed by atoms with Crippen molar-refractivity contribution in [3.05, 3.63) is 16.3 Å². The first-order valence-electron chi connectivity index (χ1n) is 6.89. The van der Waals surface area contributed by atoms with Crippen LogP contribution in [0.3, 0.4) is 0 Å². The van der Waals surface area contributed by atoms with Gasteiger partial charge in [-0.3, -0.25) is 4.79 Å². The van der Waals surface area contributed by atoms with Gasteiger partial charge in [0.2, 0.25) is 0 Å². The SMILES string of the molecule is CCC1C2CNCC2CN1C(=O)c1sccc1OC. The number of hydrogen-bond acceptors (Lipinski definition) is 4. The second-order valence-electron chi connectivity index (χ2n) is 5.33. The topological polar surface area (TPSA) is 41.6 Å². The van der Waals surface area contributed by atoms with Crippen LogP contribution in [0.4, 0.5) is 0 Å². The highest BCUT2D eigenvalue weighted by molar-refractivity contribution is 7.12. The number of rotatable bonds is 3. The minimum atomic E-state index is 0.146. The van der Waals surface area contributed by atoms with Gasteiger partial charge in [0.1, 0.15) is 10.6 Å². The highest BCUT2D eigenvalue weighted by Crippen LogP contribution is 2.37.